The van der Waals surface area contributed by atoms with Crippen molar-refractivity contribution in [1.82, 2.24) is 5.32 Å². The van der Waals surface area contributed by atoms with E-state index in [1.807, 2.05) is 13.0 Å². The van der Waals surface area contributed by atoms with E-state index in [2.05, 4.69) is 41.2 Å². The second kappa shape index (κ2) is 6.87. The molecule has 1 rings (SSSR count). The molecule has 0 aliphatic rings. The first-order valence-corrected chi connectivity index (χ1v) is 6.60. The summed E-state index contributed by atoms with van der Waals surface area (Å²) in [4.78, 5) is 0. The molecule has 0 unspecified atom stereocenters. The van der Waals surface area contributed by atoms with Gasteiger partial charge < -0.3 is 14.8 Å². The first-order valence-electron chi connectivity index (χ1n) is 5.81. The molecule has 96 valence electrons. The molecule has 1 aromatic carbocycles. The van der Waals surface area contributed by atoms with Gasteiger partial charge in [0, 0.05) is 12.6 Å². The molecule has 0 atom stereocenters. The van der Waals surface area contributed by atoms with Gasteiger partial charge in [-0.3, -0.25) is 0 Å². The normalized spacial score (nSPS) is 10.7. The summed E-state index contributed by atoms with van der Waals surface area (Å²) in [5.41, 5.74) is 1.18. The van der Waals surface area contributed by atoms with Gasteiger partial charge in [0.1, 0.15) is 0 Å². The minimum atomic E-state index is 0.464. The molecule has 17 heavy (non-hydrogen) atoms. The highest BCUT2D eigenvalue weighted by Crippen LogP contribution is 2.36. The van der Waals surface area contributed by atoms with Crippen LogP contribution in [0.1, 0.15) is 26.3 Å². The number of methoxy groups -OCH3 is 1. The first kappa shape index (κ1) is 14.3. The molecule has 1 N–H and O–H groups in total. The Morgan fingerprint density at radius 2 is 2.06 bits per heavy atom. The molecule has 0 radical (unpaired) electrons. The predicted octanol–water partition coefficient (Wildman–Crippen LogP) is 3.35. The largest absolute Gasteiger partial charge is 0.492 e. The summed E-state index contributed by atoms with van der Waals surface area (Å²) >= 11 is 3.50. The Bertz CT molecular complexity index is 367. The van der Waals surface area contributed by atoms with E-state index in [1.165, 1.54) is 5.56 Å². The summed E-state index contributed by atoms with van der Waals surface area (Å²) in [6.07, 6.45) is 0. The van der Waals surface area contributed by atoms with Crippen molar-refractivity contribution in [2.45, 2.75) is 33.4 Å². The van der Waals surface area contributed by atoms with E-state index in [-0.39, 0.29) is 0 Å². The van der Waals surface area contributed by atoms with Gasteiger partial charge in [0.2, 0.25) is 0 Å². The quantitative estimate of drug-likeness (QED) is 0.874. The molecule has 0 aliphatic heterocycles. The number of hydrogen-bond acceptors (Lipinski definition) is 3. The van der Waals surface area contributed by atoms with Crippen LogP contribution in [-0.2, 0) is 6.54 Å². The van der Waals surface area contributed by atoms with Crippen LogP contribution in [0, 0.1) is 0 Å². The molecule has 0 bridgehead atoms. The third-order valence-corrected chi connectivity index (χ3v) is 2.88. The fourth-order valence-electron chi connectivity index (χ4n) is 1.51. The van der Waals surface area contributed by atoms with Crippen LogP contribution < -0.4 is 14.8 Å². The monoisotopic (exact) mass is 301 g/mol. The van der Waals surface area contributed by atoms with Gasteiger partial charge in [-0.2, -0.15) is 0 Å². The van der Waals surface area contributed by atoms with E-state index in [0.29, 0.717) is 12.6 Å². The van der Waals surface area contributed by atoms with Crippen LogP contribution in [0.3, 0.4) is 0 Å². The van der Waals surface area contributed by atoms with E-state index in [1.54, 1.807) is 7.11 Å². The SMILES string of the molecule is CCOc1cc(CNC(C)C)cc(Br)c1OC. The summed E-state index contributed by atoms with van der Waals surface area (Å²) in [6, 6.07) is 4.53. The second-order valence-electron chi connectivity index (χ2n) is 4.08. The van der Waals surface area contributed by atoms with Crippen molar-refractivity contribution >= 4 is 15.9 Å². The molecule has 0 amide bonds. The third-order valence-electron chi connectivity index (χ3n) is 2.29. The lowest BCUT2D eigenvalue weighted by atomic mass is 10.2. The highest BCUT2D eigenvalue weighted by Gasteiger charge is 2.11. The van der Waals surface area contributed by atoms with Gasteiger partial charge in [0.15, 0.2) is 11.5 Å². The zero-order valence-electron chi connectivity index (χ0n) is 10.8. The number of rotatable bonds is 6. The molecule has 0 saturated heterocycles. The van der Waals surface area contributed by atoms with Gasteiger partial charge in [0.25, 0.3) is 0 Å². The Morgan fingerprint density at radius 1 is 1.35 bits per heavy atom. The van der Waals surface area contributed by atoms with E-state index in [0.717, 1.165) is 22.5 Å². The molecule has 0 aromatic heterocycles. The number of hydrogen-bond donors (Lipinski definition) is 1. The molecule has 0 heterocycles. The molecular weight excluding hydrogens is 282 g/mol. The maximum atomic E-state index is 5.57. The maximum absolute atomic E-state index is 5.57. The molecular formula is C13H20BrNO2. The minimum absolute atomic E-state index is 0.464. The van der Waals surface area contributed by atoms with Crippen molar-refractivity contribution in [3.05, 3.63) is 22.2 Å². The van der Waals surface area contributed by atoms with Gasteiger partial charge >= 0.3 is 0 Å². The minimum Gasteiger partial charge on any atom is -0.492 e. The van der Waals surface area contributed by atoms with Crippen molar-refractivity contribution in [2.24, 2.45) is 0 Å². The summed E-state index contributed by atoms with van der Waals surface area (Å²) in [6.45, 7) is 7.67. The van der Waals surface area contributed by atoms with Crippen LogP contribution in [0.15, 0.2) is 16.6 Å². The van der Waals surface area contributed by atoms with Crippen molar-refractivity contribution in [1.29, 1.82) is 0 Å². The highest BCUT2D eigenvalue weighted by molar-refractivity contribution is 9.10. The van der Waals surface area contributed by atoms with Crippen LogP contribution in [0.2, 0.25) is 0 Å². The summed E-state index contributed by atoms with van der Waals surface area (Å²) in [5, 5.41) is 3.38. The lowest BCUT2D eigenvalue weighted by Crippen LogP contribution is -2.21. The zero-order chi connectivity index (χ0) is 12.8. The Labute approximate surface area is 112 Å². The van der Waals surface area contributed by atoms with E-state index >= 15 is 0 Å². The van der Waals surface area contributed by atoms with E-state index in [9.17, 15) is 0 Å². The van der Waals surface area contributed by atoms with Gasteiger partial charge in [-0.05, 0) is 40.5 Å². The fraction of sp³-hybridized carbons (Fsp3) is 0.538. The lowest BCUT2D eigenvalue weighted by molar-refractivity contribution is 0.309. The average molecular weight is 302 g/mol. The third kappa shape index (κ3) is 4.21. The summed E-state index contributed by atoms with van der Waals surface area (Å²) < 4.78 is 11.8. The van der Waals surface area contributed by atoms with Crippen molar-refractivity contribution < 1.29 is 9.47 Å². The van der Waals surface area contributed by atoms with Crippen LogP contribution in [-0.4, -0.2) is 19.8 Å². The topological polar surface area (TPSA) is 30.5 Å². The van der Waals surface area contributed by atoms with Crippen molar-refractivity contribution in [2.75, 3.05) is 13.7 Å². The van der Waals surface area contributed by atoms with Crippen LogP contribution in [0.25, 0.3) is 0 Å². The molecule has 0 aliphatic carbocycles. The maximum Gasteiger partial charge on any atom is 0.174 e. The van der Waals surface area contributed by atoms with Crippen molar-refractivity contribution in [3.8, 4) is 11.5 Å². The molecule has 0 fully saturated rings. The number of halogens is 1. The molecule has 3 nitrogen and oxygen atoms in total. The Hall–Kier alpha value is -0.740. The van der Waals surface area contributed by atoms with Crippen molar-refractivity contribution in [3.63, 3.8) is 0 Å². The molecule has 4 heteroatoms. The lowest BCUT2D eigenvalue weighted by Gasteiger charge is -2.14. The van der Waals surface area contributed by atoms with Crippen LogP contribution in [0.5, 0.6) is 11.5 Å². The van der Waals surface area contributed by atoms with Crippen LogP contribution >= 0.6 is 15.9 Å². The van der Waals surface area contributed by atoms with Gasteiger partial charge in [-0.25, -0.2) is 0 Å². The summed E-state index contributed by atoms with van der Waals surface area (Å²) in [7, 11) is 1.65. The van der Waals surface area contributed by atoms with Gasteiger partial charge in [0.05, 0.1) is 18.2 Å². The first-order chi connectivity index (χ1) is 8.08. The molecule has 1 aromatic rings. The fourth-order valence-corrected chi connectivity index (χ4v) is 2.16. The van der Waals surface area contributed by atoms with Crippen LogP contribution in [0.4, 0.5) is 0 Å². The Morgan fingerprint density at radius 3 is 2.59 bits per heavy atom. The molecule has 0 saturated carbocycles. The van der Waals surface area contributed by atoms with E-state index in [4.69, 9.17) is 9.47 Å². The van der Waals surface area contributed by atoms with E-state index < -0.39 is 0 Å². The standard InChI is InChI=1S/C13H20BrNO2/c1-5-17-12-7-10(8-15-9(2)3)6-11(14)13(12)16-4/h6-7,9,15H,5,8H2,1-4H3. The Kier molecular flexibility index (Phi) is 5.78. The number of ether oxygens (including phenoxy) is 2. The second-order valence-corrected chi connectivity index (χ2v) is 4.93. The van der Waals surface area contributed by atoms with Gasteiger partial charge in [-0.1, -0.05) is 13.8 Å². The van der Waals surface area contributed by atoms with Gasteiger partial charge in [-0.15, -0.1) is 0 Å². The summed E-state index contributed by atoms with van der Waals surface area (Å²) in [5.74, 6) is 1.53. The molecule has 0 spiro atoms. The average Bonchev–Trinajstić information content (AvgIpc) is 2.26. The highest BCUT2D eigenvalue weighted by atomic mass is 79.9. The predicted molar refractivity (Wildman–Crippen MR) is 73.8 cm³/mol. The number of nitrogens with one attached hydrogen (secondary N) is 1. The zero-order valence-corrected chi connectivity index (χ0v) is 12.4. The Balaban J connectivity index is 2.93. The number of benzene rings is 1. The smallest absolute Gasteiger partial charge is 0.174 e.